The Bertz CT molecular complexity index is 820. The van der Waals surface area contributed by atoms with Gasteiger partial charge < -0.3 is 5.11 Å². The fraction of sp³-hybridized carbons (Fsp3) is 0. The molecule has 3 rings (SSSR count). The summed E-state index contributed by atoms with van der Waals surface area (Å²) in [6.45, 7) is 0. The van der Waals surface area contributed by atoms with Gasteiger partial charge in [0, 0.05) is 28.0 Å². The lowest BCUT2D eigenvalue weighted by Gasteiger charge is -2.02. The predicted octanol–water partition coefficient (Wildman–Crippen LogP) is 4.06. The average Bonchev–Trinajstić information content (AvgIpc) is 2.59. The highest BCUT2D eigenvalue weighted by atomic mass is 79.9. The van der Waals surface area contributed by atoms with Crippen LogP contribution in [0.4, 0.5) is 5.95 Å². The third-order valence-corrected chi connectivity index (χ3v) is 3.61. The van der Waals surface area contributed by atoms with Gasteiger partial charge in [-0.25, -0.2) is 15.4 Å². The first kappa shape index (κ1) is 15.2. The normalized spacial score (nSPS) is 10.8. The van der Waals surface area contributed by atoms with E-state index in [4.69, 9.17) is 0 Å². The Morgan fingerprint density at radius 2 is 1.74 bits per heavy atom. The highest BCUT2D eigenvalue weighted by molar-refractivity contribution is 9.10. The van der Waals surface area contributed by atoms with Crippen LogP contribution in [0.25, 0.3) is 11.1 Å². The molecule has 0 spiro atoms. The fourth-order valence-corrected chi connectivity index (χ4v) is 2.33. The van der Waals surface area contributed by atoms with Gasteiger partial charge in [-0.3, -0.25) is 0 Å². The Morgan fingerprint density at radius 1 is 1.00 bits per heavy atom. The van der Waals surface area contributed by atoms with Gasteiger partial charge in [-0.2, -0.15) is 5.10 Å². The van der Waals surface area contributed by atoms with Crippen LogP contribution >= 0.6 is 15.9 Å². The fourth-order valence-electron chi connectivity index (χ4n) is 1.95. The lowest BCUT2D eigenvalue weighted by molar-refractivity contribution is 0.474. The van der Waals surface area contributed by atoms with E-state index in [0.717, 1.165) is 15.6 Å². The molecule has 6 heteroatoms. The molecule has 114 valence electrons. The number of hydrogen-bond donors (Lipinski definition) is 2. The molecule has 0 aliphatic rings. The van der Waals surface area contributed by atoms with Crippen molar-refractivity contribution in [3.63, 3.8) is 0 Å². The van der Waals surface area contributed by atoms with Gasteiger partial charge in [0.15, 0.2) is 0 Å². The molecule has 0 fully saturated rings. The van der Waals surface area contributed by atoms with Gasteiger partial charge in [0.2, 0.25) is 5.95 Å². The summed E-state index contributed by atoms with van der Waals surface area (Å²) in [7, 11) is 0. The predicted molar refractivity (Wildman–Crippen MR) is 94.5 cm³/mol. The monoisotopic (exact) mass is 368 g/mol. The van der Waals surface area contributed by atoms with E-state index in [9.17, 15) is 5.11 Å². The zero-order valence-corrected chi connectivity index (χ0v) is 13.6. The number of rotatable bonds is 4. The SMILES string of the molecule is Oc1ccc(Br)cc1/C=N\Nc1ncc(-c2ccccc2)cn1. The topological polar surface area (TPSA) is 70.4 Å². The number of anilines is 1. The van der Waals surface area contributed by atoms with Crippen molar-refractivity contribution in [2.75, 3.05) is 5.43 Å². The van der Waals surface area contributed by atoms with E-state index in [1.54, 1.807) is 30.6 Å². The van der Waals surface area contributed by atoms with Crippen molar-refractivity contribution in [3.05, 3.63) is 71.0 Å². The number of phenolic OH excluding ortho intramolecular Hbond substituents is 1. The minimum absolute atomic E-state index is 0.152. The molecule has 3 aromatic rings. The molecule has 0 unspecified atom stereocenters. The van der Waals surface area contributed by atoms with Crippen LogP contribution in [-0.2, 0) is 0 Å². The quantitative estimate of drug-likeness (QED) is 0.538. The van der Waals surface area contributed by atoms with Gasteiger partial charge in [-0.1, -0.05) is 46.3 Å². The minimum Gasteiger partial charge on any atom is -0.507 e. The van der Waals surface area contributed by atoms with E-state index in [1.165, 1.54) is 6.21 Å². The van der Waals surface area contributed by atoms with Crippen molar-refractivity contribution in [1.29, 1.82) is 0 Å². The van der Waals surface area contributed by atoms with E-state index >= 15 is 0 Å². The van der Waals surface area contributed by atoms with E-state index < -0.39 is 0 Å². The number of hydrogen-bond acceptors (Lipinski definition) is 5. The number of aromatic nitrogens is 2. The van der Waals surface area contributed by atoms with Crippen molar-refractivity contribution in [3.8, 4) is 16.9 Å². The Hall–Kier alpha value is -2.73. The molecule has 0 atom stereocenters. The summed E-state index contributed by atoms with van der Waals surface area (Å²) in [5.74, 6) is 0.537. The molecule has 5 nitrogen and oxygen atoms in total. The molecule has 0 aliphatic heterocycles. The number of hydrazone groups is 1. The summed E-state index contributed by atoms with van der Waals surface area (Å²) >= 11 is 3.35. The number of aromatic hydroxyl groups is 1. The maximum Gasteiger partial charge on any atom is 0.243 e. The van der Waals surface area contributed by atoms with Crippen LogP contribution in [0.3, 0.4) is 0 Å². The number of nitrogens with zero attached hydrogens (tertiary/aromatic N) is 3. The molecular weight excluding hydrogens is 356 g/mol. The van der Waals surface area contributed by atoms with E-state index in [1.807, 2.05) is 30.3 Å². The van der Waals surface area contributed by atoms with Crippen LogP contribution in [-0.4, -0.2) is 21.3 Å². The summed E-state index contributed by atoms with van der Waals surface area (Å²) in [4.78, 5) is 8.44. The van der Waals surface area contributed by atoms with Crippen LogP contribution in [0.2, 0.25) is 0 Å². The van der Waals surface area contributed by atoms with Gasteiger partial charge in [0.05, 0.1) is 6.21 Å². The van der Waals surface area contributed by atoms with Crippen molar-refractivity contribution in [2.24, 2.45) is 5.10 Å². The molecule has 2 N–H and O–H groups in total. The molecule has 0 aliphatic carbocycles. The second kappa shape index (κ2) is 7.02. The molecule has 23 heavy (non-hydrogen) atoms. The highest BCUT2D eigenvalue weighted by Gasteiger charge is 2.00. The van der Waals surface area contributed by atoms with Gasteiger partial charge in [0.25, 0.3) is 0 Å². The lowest BCUT2D eigenvalue weighted by Crippen LogP contribution is -1.97. The van der Waals surface area contributed by atoms with Crippen LogP contribution in [0.1, 0.15) is 5.56 Å². The smallest absolute Gasteiger partial charge is 0.243 e. The summed E-state index contributed by atoms with van der Waals surface area (Å²) in [6.07, 6.45) is 4.97. The Labute approximate surface area is 141 Å². The second-order valence-electron chi connectivity index (χ2n) is 4.73. The first-order valence-electron chi connectivity index (χ1n) is 6.87. The Balaban J connectivity index is 1.69. The molecule has 0 saturated heterocycles. The van der Waals surface area contributed by atoms with Crippen molar-refractivity contribution in [2.45, 2.75) is 0 Å². The third-order valence-electron chi connectivity index (χ3n) is 3.12. The van der Waals surface area contributed by atoms with Gasteiger partial charge in [-0.15, -0.1) is 0 Å². The maximum atomic E-state index is 9.72. The van der Waals surface area contributed by atoms with E-state index in [2.05, 4.69) is 36.4 Å². The maximum absolute atomic E-state index is 9.72. The Morgan fingerprint density at radius 3 is 2.48 bits per heavy atom. The van der Waals surface area contributed by atoms with Gasteiger partial charge in [0.1, 0.15) is 5.75 Å². The lowest BCUT2D eigenvalue weighted by atomic mass is 10.1. The zero-order chi connectivity index (χ0) is 16.1. The van der Waals surface area contributed by atoms with E-state index in [-0.39, 0.29) is 5.75 Å². The summed E-state index contributed by atoms with van der Waals surface area (Å²) in [6, 6.07) is 15.0. The number of benzene rings is 2. The highest BCUT2D eigenvalue weighted by Crippen LogP contribution is 2.20. The van der Waals surface area contributed by atoms with Crippen LogP contribution < -0.4 is 5.43 Å². The summed E-state index contributed by atoms with van der Waals surface area (Å²) in [5, 5.41) is 13.8. The molecule has 1 aromatic heterocycles. The Kier molecular flexibility index (Phi) is 4.63. The van der Waals surface area contributed by atoms with Crippen molar-refractivity contribution in [1.82, 2.24) is 9.97 Å². The number of nitrogens with one attached hydrogen (secondary N) is 1. The standard InChI is InChI=1S/C17H13BrN4O/c18-15-6-7-16(23)13(8-15)11-21-22-17-19-9-14(10-20-17)12-4-2-1-3-5-12/h1-11,23H,(H,19,20,22)/b21-11-. The van der Waals surface area contributed by atoms with Crippen molar-refractivity contribution >= 4 is 28.1 Å². The van der Waals surface area contributed by atoms with Gasteiger partial charge >= 0.3 is 0 Å². The second-order valence-corrected chi connectivity index (χ2v) is 5.65. The molecule has 0 radical (unpaired) electrons. The number of halogens is 1. The summed E-state index contributed by atoms with van der Waals surface area (Å²) in [5.41, 5.74) is 5.32. The van der Waals surface area contributed by atoms with Crippen LogP contribution in [0.5, 0.6) is 5.75 Å². The number of phenols is 1. The van der Waals surface area contributed by atoms with Crippen molar-refractivity contribution < 1.29 is 5.11 Å². The molecule has 2 aromatic carbocycles. The molecule has 0 amide bonds. The third kappa shape index (κ3) is 3.92. The van der Waals surface area contributed by atoms with E-state index in [0.29, 0.717) is 11.5 Å². The molecular formula is C17H13BrN4O. The van der Waals surface area contributed by atoms with Crippen LogP contribution in [0, 0.1) is 0 Å². The average molecular weight is 369 g/mol. The molecule has 0 bridgehead atoms. The first-order valence-corrected chi connectivity index (χ1v) is 7.67. The minimum atomic E-state index is 0.152. The summed E-state index contributed by atoms with van der Waals surface area (Å²) < 4.78 is 0.861. The van der Waals surface area contributed by atoms with Crippen LogP contribution in [0.15, 0.2) is 70.5 Å². The zero-order valence-electron chi connectivity index (χ0n) is 12.0. The largest absolute Gasteiger partial charge is 0.507 e. The molecule has 1 heterocycles. The van der Waals surface area contributed by atoms with Gasteiger partial charge in [-0.05, 0) is 23.8 Å². The molecule has 0 saturated carbocycles. The first-order chi connectivity index (χ1) is 11.2.